The van der Waals surface area contributed by atoms with Crippen LogP contribution in [-0.4, -0.2) is 56.5 Å². The SMILES string of the molecule is CC(O)C(NC(=O)N(C)Cc1cn[nH]c1)C(=O)O. The normalized spacial score (nSPS) is 13.7. The second-order valence-electron chi connectivity index (χ2n) is 3.97. The lowest BCUT2D eigenvalue weighted by atomic mass is 10.2. The van der Waals surface area contributed by atoms with Gasteiger partial charge >= 0.3 is 12.0 Å². The molecule has 0 radical (unpaired) electrons. The van der Waals surface area contributed by atoms with Crippen molar-refractivity contribution in [2.45, 2.75) is 25.6 Å². The lowest BCUT2D eigenvalue weighted by Gasteiger charge is -2.22. The van der Waals surface area contributed by atoms with Crippen molar-refractivity contribution in [3.05, 3.63) is 18.0 Å². The molecule has 0 fully saturated rings. The highest BCUT2D eigenvalue weighted by atomic mass is 16.4. The summed E-state index contributed by atoms with van der Waals surface area (Å²) in [4.78, 5) is 23.8. The van der Waals surface area contributed by atoms with Crippen molar-refractivity contribution >= 4 is 12.0 Å². The molecule has 0 bridgehead atoms. The number of aromatic nitrogens is 2. The average molecular weight is 256 g/mol. The van der Waals surface area contributed by atoms with Gasteiger partial charge in [-0.3, -0.25) is 5.10 Å². The Labute approximate surface area is 104 Å². The van der Waals surface area contributed by atoms with Crippen LogP contribution in [0.5, 0.6) is 0 Å². The minimum atomic E-state index is -1.33. The number of aromatic amines is 1. The topological polar surface area (TPSA) is 119 Å². The van der Waals surface area contributed by atoms with Crippen molar-refractivity contribution in [1.29, 1.82) is 0 Å². The monoisotopic (exact) mass is 256 g/mol. The molecule has 4 N–H and O–H groups in total. The van der Waals surface area contributed by atoms with E-state index in [2.05, 4.69) is 15.5 Å². The highest BCUT2D eigenvalue weighted by molar-refractivity contribution is 5.82. The largest absolute Gasteiger partial charge is 0.480 e. The molecule has 0 aliphatic heterocycles. The lowest BCUT2D eigenvalue weighted by molar-refractivity contribution is -0.141. The third-order valence-electron chi connectivity index (χ3n) is 2.35. The fraction of sp³-hybridized carbons (Fsp3) is 0.500. The van der Waals surface area contributed by atoms with Gasteiger partial charge in [0.05, 0.1) is 18.8 Å². The number of nitrogens with zero attached hydrogens (tertiary/aromatic N) is 2. The lowest BCUT2D eigenvalue weighted by Crippen LogP contribution is -2.51. The Morgan fingerprint density at radius 1 is 1.61 bits per heavy atom. The molecule has 1 heterocycles. The number of carbonyl (C=O) groups excluding carboxylic acids is 1. The van der Waals surface area contributed by atoms with Crippen LogP contribution in [0.1, 0.15) is 12.5 Å². The molecule has 18 heavy (non-hydrogen) atoms. The number of aliphatic hydroxyl groups is 1. The molecule has 1 aromatic heterocycles. The summed E-state index contributed by atoms with van der Waals surface area (Å²) in [5, 5.41) is 26.6. The first-order chi connectivity index (χ1) is 8.41. The standard InChI is InChI=1S/C10H16N4O4/c1-6(15)8(9(16)17)13-10(18)14(2)5-7-3-11-12-4-7/h3-4,6,8,15H,5H2,1-2H3,(H,11,12)(H,13,18)(H,16,17). The molecular formula is C10H16N4O4. The van der Waals surface area contributed by atoms with E-state index in [4.69, 9.17) is 5.11 Å². The fourth-order valence-electron chi connectivity index (χ4n) is 1.34. The minimum Gasteiger partial charge on any atom is -0.480 e. The van der Waals surface area contributed by atoms with E-state index in [1.165, 1.54) is 18.9 Å². The van der Waals surface area contributed by atoms with E-state index in [0.717, 1.165) is 5.56 Å². The number of carboxylic acid groups (broad SMARTS) is 1. The number of aliphatic hydroxyl groups excluding tert-OH is 1. The number of amides is 2. The van der Waals surface area contributed by atoms with Crippen molar-refractivity contribution in [2.24, 2.45) is 0 Å². The van der Waals surface area contributed by atoms with E-state index in [-0.39, 0.29) is 6.54 Å². The number of nitrogens with one attached hydrogen (secondary N) is 2. The average Bonchev–Trinajstić information content (AvgIpc) is 2.77. The number of H-pyrrole nitrogens is 1. The van der Waals surface area contributed by atoms with Gasteiger partial charge in [0.25, 0.3) is 0 Å². The maximum atomic E-state index is 11.7. The molecule has 0 aliphatic carbocycles. The summed E-state index contributed by atoms with van der Waals surface area (Å²) >= 11 is 0. The quantitative estimate of drug-likeness (QED) is 0.560. The van der Waals surface area contributed by atoms with Gasteiger partial charge in [-0.05, 0) is 6.92 Å². The molecular weight excluding hydrogens is 240 g/mol. The molecule has 8 nitrogen and oxygen atoms in total. The number of aliphatic carboxylic acids is 1. The molecule has 2 amide bonds. The van der Waals surface area contributed by atoms with E-state index in [0.29, 0.717) is 0 Å². The fourth-order valence-corrected chi connectivity index (χ4v) is 1.34. The first-order valence-corrected chi connectivity index (χ1v) is 5.32. The summed E-state index contributed by atoms with van der Waals surface area (Å²) in [6, 6.07) is -1.91. The van der Waals surface area contributed by atoms with Gasteiger partial charge in [-0.1, -0.05) is 0 Å². The van der Waals surface area contributed by atoms with E-state index in [1.54, 1.807) is 12.4 Å². The molecule has 1 aromatic rings. The van der Waals surface area contributed by atoms with Crippen LogP contribution in [0.4, 0.5) is 4.79 Å². The van der Waals surface area contributed by atoms with Crippen LogP contribution in [0, 0.1) is 0 Å². The van der Waals surface area contributed by atoms with E-state index < -0.39 is 24.1 Å². The number of carbonyl (C=O) groups is 2. The molecule has 1 rings (SSSR count). The second kappa shape index (κ2) is 6.01. The Hall–Kier alpha value is -2.09. The number of urea groups is 1. The summed E-state index contributed by atoms with van der Waals surface area (Å²) in [6.45, 7) is 1.59. The summed E-state index contributed by atoms with van der Waals surface area (Å²) in [5.41, 5.74) is 0.788. The number of rotatable bonds is 5. The number of hydrogen-bond donors (Lipinski definition) is 4. The molecule has 2 atom stereocenters. The molecule has 0 aliphatic rings. The molecule has 0 aromatic carbocycles. The molecule has 0 saturated carbocycles. The Bertz CT molecular complexity index is 404. The van der Waals surface area contributed by atoms with Crippen LogP contribution in [0.25, 0.3) is 0 Å². The van der Waals surface area contributed by atoms with Crippen LogP contribution >= 0.6 is 0 Å². The smallest absolute Gasteiger partial charge is 0.328 e. The molecule has 0 spiro atoms. The zero-order valence-corrected chi connectivity index (χ0v) is 10.1. The molecule has 100 valence electrons. The Morgan fingerprint density at radius 3 is 2.72 bits per heavy atom. The zero-order chi connectivity index (χ0) is 13.7. The Morgan fingerprint density at radius 2 is 2.28 bits per heavy atom. The van der Waals surface area contributed by atoms with E-state index in [9.17, 15) is 14.7 Å². The van der Waals surface area contributed by atoms with Gasteiger partial charge in [0, 0.05) is 18.8 Å². The van der Waals surface area contributed by atoms with Crippen molar-refractivity contribution in [3.8, 4) is 0 Å². The molecule has 8 heteroatoms. The van der Waals surface area contributed by atoms with Gasteiger partial charge < -0.3 is 20.4 Å². The Kier molecular flexibility index (Phi) is 4.67. The van der Waals surface area contributed by atoms with Gasteiger partial charge in [-0.15, -0.1) is 0 Å². The van der Waals surface area contributed by atoms with E-state index >= 15 is 0 Å². The predicted molar refractivity (Wildman–Crippen MR) is 61.7 cm³/mol. The van der Waals surface area contributed by atoms with Crippen LogP contribution in [0.15, 0.2) is 12.4 Å². The summed E-state index contributed by atoms with van der Waals surface area (Å²) < 4.78 is 0. The van der Waals surface area contributed by atoms with Crippen molar-refractivity contribution in [1.82, 2.24) is 20.4 Å². The van der Waals surface area contributed by atoms with Crippen molar-refractivity contribution < 1.29 is 19.8 Å². The third-order valence-corrected chi connectivity index (χ3v) is 2.35. The second-order valence-corrected chi connectivity index (χ2v) is 3.97. The van der Waals surface area contributed by atoms with Crippen molar-refractivity contribution in [2.75, 3.05) is 7.05 Å². The number of hydrogen-bond acceptors (Lipinski definition) is 4. The van der Waals surface area contributed by atoms with Gasteiger partial charge in [-0.25, -0.2) is 9.59 Å². The highest BCUT2D eigenvalue weighted by Crippen LogP contribution is 2.01. The maximum absolute atomic E-state index is 11.7. The van der Waals surface area contributed by atoms with Gasteiger partial charge in [0.15, 0.2) is 6.04 Å². The molecule has 2 unspecified atom stereocenters. The maximum Gasteiger partial charge on any atom is 0.328 e. The van der Waals surface area contributed by atoms with Crippen LogP contribution in [0.3, 0.4) is 0 Å². The highest BCUT2D eigenvalue weighted by Gasteiger charge is 2.26. The minimum absolute atomic E-state index is 0.286. The summed E-state index contributed by atoms with van der Waals surface area (Å²) in [5.74, 6) is -1.28. The van der Waals surface area contributed by atoms with Gasteiger partial charge in [0.2, 0.25) is 0 Å². The first kappa shape index (κ1) is 14.0. The van der Waals surface area contributed by atoms with Crippen LogP contribution in [0.2, 0.25) is 0 Å². The first-order valence-electron chi connectivity index (χ1n) is 5.32. The summed E-state index contributed by atoms with van der Waals surface area (Å²) in [7, 11) is 1.52. The predicted octanol–water partition coefficient (Wildman–Crippen LogP) is -0.615. The van der Waals surface area contributed by atoms with Crippen LogP contribution in [-0.2, 0) is 11.3 Å². The molecule has 0 saturated heterocycles. The summed E-state index contributed by atoms with van der Waals surface area (Å²) in [6.07, 6.45) is 2.02. The van der Waals surface area contributed by atoms with Gasteiger partial charge in [0.1, 0.15) is 0 Å². The third kappa shape index (κ3) is 3.74. The zero-order valence-electron chi connectivity index (χ0n) is 10.1. The van der Waals surface area contributed by atoms with Crippen molar-refractivity contribution in [3.63, 3.8) is 0 Å². The van der Waals surface area contributed by atoms with Crippen LogP contribution < -0.4 is 5.32 Å². The number of carboxylic acids is 1. The van der Waals surface area contributed by atoms with Gasteiger partial charge in [-0.2, -0.15) is 5.10 Å². The Balaban J connectivity index is 2.56. The van der Waals surface area contributed by atoms with E-state index in [1.807, 2.05) is 0 Å².